The molecule has 0 bridgehead atoms. The quantitative estimate of drug-likeness (QED) is 0.839. The van der Waals surface area contributed by atoms with Crippen LogP contribution in [0.4, 0.5) is 4.79 Å². The second kappa shape index (κ2) is 6.05. The van der Waals surface area contributed by atoms with E-state index in [0.29, 0.717) is 17.4 Å². The summed E-state index contributed by atoms with van der Waals surface area (Å²) in [7, 11) is 0. The highest BCUT2D eigenvalue weighted by molar-refractivity contribution is 9.10. The lowest BCUT2D eigenvalue weighted by Crippen LogP contribution is -2.44. The number of amides is 1. The maximum atomic E-state index is 11.8. The van der Waals surface area contributed by atoms with Gasteiger partial charge in [0.05, 0.1) is 10.6 Å². The minimum atomic E-state index is -0.504. The monoisotopic (exact) mass is 375 g/mol. The number of hydrogen-bond acceptors (Lipinski definition) is 3. The van der Waals surface area contributed by atoms with Crippen LogP contribution in [0.15, 0.2) is 22.7 Å². The van der Waals surface area contributed by atoms with Gasteiger partial charge in [-0.15, -0.1) is 0 Å². The van der Waals surface area contributed by atoms with Crippen LogP contribution in [-0.4, -0.2) is 23.8 Å². The molecule has 0 unspecified atom stereocenters. The first-order chi connectivity index (χ1) is 9.69. The number of carbonyl (C=O) groups excluding carboxylic acids is 1. The first kappa shape index (κ1) is 16.4. The van der Waals surface area contributed by atoms with E-state index >= 15 is 0 Å². The van der Waals surface area contributed by atoms with E-state index in [-0.39, 0.29) is 5.54 Å². The Morgan fingerprint density at radius 2 is 2.10 bits per heavy atom. The zero-order valence-electron chi connectivity index (χ0n) is 12.3. The van der Waals surface area contributed by atoms with Crippen molar-refractivity contribution in [2.75, 3.05) is 6.61 Å². The van der Waals surface area contributed by atoms with Crippen LogP contribution in [0.3, 0.4) is 0 Å². The second-order valence-electron chi connectivity index (χ2n) is 6.27. The molecule has 4 nitrogen and oxygen atoms in total. The Labute approximate surface area is 138 Å². The molecule has 6 heteroatoms. The van der Waals surface area contributed by atoms with Gasteiger partial charge in [-0.25, -0.2) is 4.79 Å². The molecular weight excluding hydrogens is 358 g/mol. The molecule has 0 saturated heterocycles. The summed E-state index contributed by atoms with van der Waals surface area (Å²) in [4.78, 5) is 11.8. The average Bonchev–Trinajstić information content (AvgIpc) is 3.05. The largest absolute Gasteiger partial charge is 0.490 e. The molecule has 0 aliphatic heterocycles. The van der Waals surface area contributed by atoms with Gasteiger partial charge in [-0.2, -0.15) is 0 Å². The zero-order chi connectivity index (χ0) is 15.7. The van der Waals surface area contributed by atoms with Crippen molar-refractivity contribution >= 4 is 33.6 Å². The number of halogens is 2. The van der Waals surface area contributed by atoms with Crippen molar-refractivity contribution in [2.45, 2.75) is 44.8 Å². The van der Waals surface area contributed by atoms with E-state index in [9.17, 15) is 4.79 Å². The predicted octanol–water partition coefficient (Wildman–Crippen LogP) is 4.54. The average molecular weight is 377 g/mol. The molecule has 1 amide bonds. The Balaban J connectivity index is 1.89. The number of nitrogens with one attached hydrogen (secondary N) is 1. The van der Waals surface area contributed by atoms with Crippen LogP contribution in [-0.2, 0) is 4.74 Å². The molecule has 1 N–H and O–H groups in total. The maximum absolute atomic E-state index is 11.8. The molecule has 116 valence electrons. The number of alkyl carbamates (subject to hydrolysis) is 1. The van der Waals surface area contributed by atoms with Crippen LogP contribution in [0, 0.1) is 0 Å². The van der Waals surface area contributed by atoms with E-state index in [1.54, 1.807) is 12.1 Å². The lowest BCUT2D eigenvalue weighted by Gasteiger charge is -2.23. The first-order valence-corrected chi connectivity index (χ1v) is 7.95. The van der Waals surface area contributed by atoms with Gasteiger partial charge in [-0.1, -0.05) is 27.5 Å². The zero-order valence-corrected chi connectivity index (χ0v) is 14.7. The molecule has 0 heterocycles. The topological polar surface area (TPSA) is 47.6 Å². The van der Waals surface area contributed by atoms with Crippen LogP contribution < -0.4 is 10.1 Å². The van der Waals surface area contributed by atoms with E-state index in [4.69, 9.17) is 21.1 Å². The summed E-state index contributed by atoms with van der Waals surface area (Å²) in [5, 5.41) is 3.43. The standard InChI is InChI=1S/C15H19BrClNO3/c1-14(2,3)21-13(19)18-15(6-7-15)9-20-12-5-4-10(16)8-11(12)17/h4-5,8H,6-7,9H2,1-3H3,(H,18,19). The van der Waals surface area contributed by atoms with Gasteiger partial charge in [0.15, 0.2) is 0 Å². The predicted molar refractivity (Wildman–Crippen MR) is 86.0 cm³/mol. The van der Waals surface area contributed by atoms with Crippen LogP contribution in [0.5, 0.6) is 5.75 Å². The van der Waals surface area contributed by atoms with Crippen LogP contribution in [0.2, 0.25) is 5.02 Å². The van der Waals surface area contributed by atoms with E-state index in [0.717, 1.165) is 17.3 Å². The Hall–Kier alpha value is -0.940. The highest BCUT2D eigenvalue weighted by Gasteiger charge is 2.46. The summed E-state index contributed by atoms with van der Waals surface area (Å²) in [5.41, 5.74) is -0.839. The molecule has 2 rings (SSSR count). The molecule has 1 aromatic rings. The van der Waals surface area contributed by atoms with Crippen molar-refractivity contribution in [3.8, 4) is 5.75 Å². The highest BCUT2D eigenvalue weighted by Crippen LogP contribution is 2.37. The smallest absolute Gasteiger partial charge is 0.408 e. The minimum Gasteiger partial charge on any atom is -0.490 e. The lowest BCUT2D eigenvalue weighted by atomic mass is 10.2. The Morgan fingerprint density at radius 1 is 1.43 bits per heavy atom. The van der Waals surface area contributed by atoms with Gasteiger partial charge >= 0.3 is 6.09 Å². The Morgan fingerprint density at radius 3 is 2.62 bits per heavy atom. The fourth-order valence-electron chi connectivity index (χ4n) is 1.78. The fourth-order valence-corrected chi connectivity index (χ4v) is 2.51. The van der Waals surface area contributed by atoms with Crippen molar-refractivity contribution in [1.82, 2.24) is 5.32 Å². The molecule has 1 aromatic carbocycles. The molecule has 1 fully saturated rings. The summed E-state index contributed by atoms with van der Waals surface area (Å²) in [6, 6.07) is 5.44. The van der Waals surface area contributed by atoms with E-state index in [2.05, 4.69) is 21.2 Å². The van der Waals surface area contributed by atoms with E-state index in [1.807, 2.05) is 26.8 Å². The van der Waals surface area contributed by atoms with Crippen LogP contribution in [0.25, 0.3) is 0 Å². The molecule has 0 atom stereocenters. The van der Waals surface area contributed by atoms with E-state index < -0.39 is 11.7 Å². The number of ether oxygens (including phenoxy) is 2. The summed E-state index contributed by atoms with van der Waals surface area (Å²) >= 11 is 9.45. The van der Waals surface area contributed by atoms with Crippen LogP contribution in [0.1, 0.15) is 33.6 Å². The second-order valence-corrected chi connectivity index (χ2v) is 7.59. The van der Waals surface area contributed by atoms with E-state index in [1.165, 1.54) is 0 Å². The van der Waals surface area contributed by atoms with Crippen LogP contribution >= 0.6 is 27.5 Å². The SMILES string of the molecule is CC(C)(C)OC(=O)NC1(COc2ccc(Br)cc2Cl)CC1. The third kappa shape index (κ3) is 5.08. The van der Waals surface area contributed by atoms with Gasteiger partial charge < -0.3 is 14.8 Å². The summed E-state index contributed by atoms with van der Waals surface area (Å²) in [5.74, 6) is 0.608. The number of rotatable bonds is 4. The first-order valence-electron chi connectivity index (χ1n) is 6.78. The normalized spacial score (nSPS) is 16.2. The van der Waals surface area contributed by atoms with Gasteiger partial charge in [-0.05, 0) is 51.8 Å². The fraction of sp³-hybridized carbons (Fsp3) is 0.533. The summed E-state index contributed by atoms with van der Waals surface area (Å²) in [6.45, 7) is 5.90. The summed E-state index contributed by atoms with van der Waals surface area (Å²) in [6.07, 6.45) is 1.34. The number of benzene rings is 1. The molecular formula is C15H19BrClNO3. The van der Waals surface area contributed by atoms with Gasteiger partial charge in [0.2, 0.25) is 0 Å². The van der Waals surface area contributed by atoms with Gasteiger partial charge in [-0.3, -0.25) is 0 Å². The molecule has 21 heavy (non-hydrogen) atoms. The third-order valence-corrected chi connectivity index (χ3v) is 3.81. The van der Waals surface area contributed by atoms with Gasteiger partial charge in [0, 0.05) is 4.47 Å². The number of carbonyl (C=O) groups is 1. The van der Waals surface area contributed by atoms with Gasteiger partial charge in [0.25, 0.3) is 0 Å². The molecule has 1 aliphatic carbocycles. The molecule has 0 radical (unpaired) electrons. The molecule has 1 saturated carbocycles. The minimum absolute atomic E-state index is 0.335. The Bertz CT molecular complexity index is 538. The molecule has 0 aromatic heterocycles. The van der Waals surface area contributed by atoms with Gasteiger partial charge in [0.1, 0.15) is 18.0 Å². The van der Waals surface area contributed by atoms with Crippen molar-refractivity contribution < 1.29 is 14.3 Å². The van der Waals surface area contributed by atoms with Crippen molar-refractivity contribution in [3.63, 3.8) is 0 Å². The maximum Gasteiger partial charge on any atom is 0.408 e. The Kier molecular flexibility index (Phi) is 4.73. The number of hydrogen-bond donors (Lipinski definition) is 1. The molecule has 1 aliphatic rings. The highest BCUT2D eigenvalue weighted by atomic mass is 79.9. The third-order valence-electron chi connectivity index (χ3n) is 3.02. The summed E-state index contributed by atoms with van der Waals surface area (Å²) < 4.78 is 11.9. The van der Waals surface area contributed by atoms with Crippen molar-refractivity contribution in [3.05, 3.63) is 27.7 Å². The van der Waals surface area contributed by atoms with Crippen molar-refractivity contribution in [1.29, 1.82) is 0 Å². The molecule has 0 spiro atoms. The lowest BCUT2D eigenvalue weighted by molar-refractivity contribution is 0.0477. The van der Waals surface area contributed by atoms with Crippen molar-refractivity contribution in [2.24, 2.45) is 0 Å².